The molecular formula is C16H11ClFNO. The number of para-hydroxylation sites is 1. The molecule has 0 atom stereocenters. The van der Waals surface area contributed by atoms with Crippen LogP contribution in [0.4, 0.5) is 4.39 Å². The Balaban J connectivity index is 1.92. The van der Waals surface area contributed by atoms with Crippen molar-refractivity contribution in [2.45, 2.75) is 5.88 Å². The number of hydrogen-bond acceptors (Lipinski definition) is 2. The van der Waals surface area contributed by atoms with Crippen LogP contribution in [0.15, 0.2) is 54.7 Å². The largest absolute Gasteiger partial charge is 0.453 e. The second-order valence-electron chi connectivity index (χ2n) is 4.36. The first-order valence-electron chi connectivity index (χ1n) is 6.13. The second kappa shape index (κ2) is 5.47. The molecule has 0 fully saturated rings. The minimum atomic E-state index is -0.434. The van der Waals surface area contributed by atoms with Gasteiger partial charge in [0.15, 0.2) is 11.6 Å². The quantitative estimate of drug-likeness (QED) is 0.639. The lowest BCUT2D eigenvalue weighted by atomic mass is 10.2. The van der Waals surface area contributed by atoms with Crippen molar-refractivity contribution in [3.8, 4) is 11.5 Å². The first-order chi connectivity index (χ1) is 9.76. The summed E-state index contributed by atoms with van der Waals surface area (Å²) in [6.07, 6.45) is 1.58. The summed E-state index contributed by atoms with van der Waals surface area (Å²) in [7, 11) is 0. The van der Waals surface area contributed by atoms with Crippen LogP contribution in [0.5, 0.6) is 11.5 Å². The monoisotopic (exact) mass is 287 g/mol. The van der Waals surface area contributed by atoms with E-state index < -0.39 is 5.82 Å². The average molecular weight is 288 g/mol. The first kappa shape index (κ1) is 12.9. The fraction of sp³-hybridized carbons (Fsp3) is 0.0625. The number of pyridine rings is 1. The number of benzene rings is 2. The Morgan fingerprint density at radius 2 is 1.95 bits per heavy atom. The molecule has 0 aliphatic rings. The Kier molecular flexibility index (Phi) is 3.52. The third-order valence-corrected chi connectivity index (χ3v) is 3.25. The highest BCUT2D eigenvalue weighted by atomic mass is 35.5. The molecule has 2 nitrogen and oxygen atoms in total. The summed E-state index contributed by atoms with van der Waals surface area (Å²) >= 11 is 5.66. The predicted octanol–water partition coefficient (Wildman–Crippen LogP) is 4.91. The molecule has 0 spiro atoms. The zero-order chi connectivity index (χ0) is 13.9. The smallest absolute Gasteiger partial charge is 0.166 e. The Hall–Kier alpha value is -2.13. The first-order valence-corrected chi connectivity index (χ1v) is 6.67. The molecule has 0 aliphatic carbocycles. The molecule has 1 heterocycles. The van der Waals surface area contributed by atoms with Gasteiger partial charge in [0.25, 0.3) is 0 Å². The van der Waals surface area contributed by atoms with E-state index in [2.05, 4.69) is 4.98 Å². The highest BCUT2D eigenvalue weighted by Crippen LogP contribution is 2.27. The molecule has 3 rings (SSSR count). The molecule has 0 unspecified atom stereocenters. The summed E-state index contributed by atoms with van der Waals surface area (Å²) in [5, 5.41) is 0.947. The summed E-state index contributed by atoms with van der Waals surface area (Å²) in [4.78, 5) is 4.27. The summed E-state index contributed by atoms with van der Waals surface area (Å²) in [6, 6.07) is 14.2. The van der Waals surface area contributed by atoms with E-state index in [1.807, 2.05) is 30.3 Å². The maximum atomic E-state index is 13.8. The van der Waals surface area contributed by atoms with Crippen molar-refractivity contribution >= 4 is 22.5 Å². The van der Waals surface area contributed by atoms with Crippen LogP contribution < -0.4 is 4.74 Å². The molecule has 1 aromatic heterocycles. The Bertz CT molecular complexity index is 760. The molecule has 0 saturated carbocycles. The van der Waals surface area contributed by atoms with Crippen molar-refractivity contribution < 1.29 is 9.13 Å². The van der Waals surface area contributed by atoms with Gasteiger partial charge in [-0.2, -0.15) is 0 Å². The van der Waals surface area contributed by atoms with Crippen LogP contribution in [0.2, 0.25) is 0 Å². The van der Waals surface area contributed by atoms with Gasteiger partial charge in [-0.3, -0.25) is 4.98 Å². The molecule has 0 amide bonds. The van der Waals surface area contributed by atoms with E-state index in [0.29, 0.717) is 11.3 Å². The standard InChI is InChI=1S/C16H11ClFNO/c17-9-11-5-6-16(14(18)7-11)20-13-8-12-3-1-2-4-15(12)19-10-13/h1-8,10H,9H2. The molecule has 2 aromatic carbocycles. The summed E-state index contributed by atoms with van der Waals surface area (Å²) in [5.74, 6) is 0.503. The summed E-state index contributed by atoms with van der Waals surface area (Å²) in [5.41, 5.74) is 1.59. The lowest BCUT2D eigenvalue weighted by Crippen LogP contribution is -1.91. The highest BCUT2D eigenvalue weighted by Gasteiger charge is 2.07. The molecule has 20 heavy (non-hydrogen) atoms. The second-order valence-corrected chi connectivity index (χ2v) is 4.63. The Morgan fingerprint density at radius 3 is 2.75 bits per heavy atom. The van der Waals surface area contributed by atoms with Crippen LogP contribution in [0, 0.1) is 5.82 Å². The maximum Gasteiger partial charge on any atom is 0.166 e. The lowest BCUT2D eigenvalue weighted by Gasteiger charge is -2.08. The molecule has 100 valence electrons. The molecule has 3 aromatic rings. The van der Waals surface area contributed by atoms with Crippen molar-refractivity contribution in [3.05, 3.63) is 66.1 Å². The number of halogens is 2. The molecular weight excluding hydrogens is 277 g/mol. The van der Waals surface area contributed by atoms with Crippen LogP contribution in [0.25, 0.3) is 10.9 Å². The number of alkyl halides is 1. The van der Waals surface area contributed by atoms with Crippen LogP contribution in [0.3, 0.4) is 0 Å². The summed E-state index contributed by atoms with van der Waals surface area (Å²) < 4.78 is 19.4. The number of aromatic nitrogens is 1. The van der Waals surface area contributed by atoms with Crippen molar-refractivity contribution in [2.24, 2.45) is 0 Å². The number of rotatable bonds is 3. The van der Waals surface area contributed by atoms with E-state index in [-0.39, 0.29) is 11.6 Å². The van der Waals surface area contributed by atoms with E-state index in [1.165, 1.54) is 6.07 Å². The minimum Gasteiger partial charge on any atom is -0.453 e. The van der Waals surface area contributed by atoms with Crippen LogP contribution in [-0.2, 0) is 5.88 Å². The van der Waals surface area contributed by atoms with Gasteiger partial charge in [-0.1, -0.05) is 24.3 Å². The third kappa shape index (κ3) is 2.58. The van der Waals surface area contributed by atoms with E-state index in [9.17, 15) is 4.39 Å². The Morgan fingerprint density at radius 1 is 1.10 bits per heavy atom. The third-order valence-electron chi connectivity index (χ3n) is 2.94. The maximum absolute atomic E-state index is 13.8. The van der Waals surface area contributed by atoms with Crippen molar-refractivity contribution in [1.29, 1.82) is 0 Å². The predicted molar refractivity (Wildman–Crippen MR) is 77.8 cm³/mol. The fourth-order valence-corrected chi connectivity index (χ4v) is 2.11. The fourth-order valence-electron chi connectivity index (χ4n) is 1.94. The van der Waals surface area contributed by atoms with E-state index in [1.54, 1.807) is 18.3 Å². The van der Waals surface area contributed by atoms with Crippen LogP contribution in [0.1, 0.15) is 5.56 Å². The van der Waals surface area contributed by atoms with Crippen LogP contribution >= 0.6 is 11.6 Å². The SMILES string of the molecule is Fc1cc(CCl)ccc1Oc1cnc2ccccc2c1. The van der Waals surface area contributed by atoms with Crippen molar-refractivity contribution in [1.82, 2.24) is 4.98 Å². The minimum absolute atomic E-state index is 0.163. The van der Waals surface area contributed by atoms with Gasteiger partial charge in [-0.15, -0.1) is 11.6 Å². The highest BCUT2D eigenvalue weighted by molar-refractivity contribution is 6.17. The summed E-state index contributed by atoms with van der Waals surface area (Å²) in [6.45, 7) is 0. The topological polar surface area (TPSA) is 22.1 Å². The van der Waals surface area contributed by atoms with Gasteiger partial charge in [0, 0.05) is 11.3 Å². The van der Waals surface area contributed by atoms with Gasteiger partial charge in [0.1, 0.15) is 5.75 Å². The molecule has 0 radical (unpaired) electrons. The molecule has 0 saturated heterocycles. The molecule has 0 bridgehead atoms. The number of nitrogens with zero attached hydrogens (tertiary/aromatic N) is 1. The van der Waals surface area contributed by atoms with Crippen molar-refractivity contribution in [3.63, 3.8) is 0 Å². The van der Waals surface area contributed by atoms with Crippen LogP contribution in [-0.4, -0.2) is 4.98 Å². The van der Waals surface area contributed by atoms with E-state index >= 15 is 0 Å². The van der Waals surface area contributed by atoms with Gasteiger partial charge in [-0.05, 0) is 29.8 Å². The Labute approximate surface area is 120 Å². The zero-order valence-electron chi connectivity index (χ0n) is 10.5. The average Bonchev–Trinajstić information content (AvgIpc) is 2.49. The van der Waals surface area contributed by atoms with E-state index in [0.717, 1.165) is 10.9 Å². The van der Waals surface area contributed by atoms with Gasteiger partial charge in [0.2, 0.25) is 0 Å². The van der Waals surface area contributed by atoms with Gasteiger partial charge < -0.3 is 4.74 Å². The van der Waals surface area contributed by atoms with Crippen molar-refractivity contribution in [2.75, 3.05) is 0 Å². The number of ether oxygens (including phenoxy) is 1. The number of hydrogen-bond donors (Lipinski definition) is 0. The van der Waals surface area contributed by atoms with Gasteiger partial charge in [-0.25, -0.2) is 4.39 Å². The van der Waals surface area contributed by atoms with E-state index in [4.69, 9.17) is 16.3 Å². The molecule has 0 aliphatic heterocycles. The van der Waals surface area contributed by atoms with Gasteiger partial charge >= 0.3 is 0 Å². The number of fused-ring (bicyclic) bond motifs is 1. The molecule has 4 heteroatoms. The normalized spacial score (nSPS) is 10.7. The lowest BCUT2D eigenvalue weighted by molar-refractivity contribution is 0.441. The zero-order valence-corrected chi connectivity index (χ0v) is 11.3. The van der Waals surface area contributed by atoms with Gasteiger partial charge in [0.05, 0.1) is 11.7 Å². The molecule has 0 N–H and O–H groups in total.